The Morgan fingerprint density at radius 2 is 1.90 bits per heavy atom. The molecule has 1 amide bonds. The van der Waals surface area contributed by atoms with Crippen molar-refractivity contribution < 1.29 is 22.3 Å². The third kappa shape index (κ3) is 8.06. The predicted octanol–water partition coefficient (Wildman–Crippen LogP) is 5.28. The van der Waals surface area contributed by atoms with E-state index in [1.54, 1.807) is 30.3 Å². The molecule has 9 nitrogen and oxygen atoms in total. The molecular weight excluding hydrogens is 545 g/mol. The lowest BCUT2D eigenvalue weighted by atomic mass is 9.92. The molecule has 1 saturated carbocycles. The van der Waals surface area contributed by atoms with Gasteiger partial charge in [0.25, 0.3) is 10.0 Å². The van der Waals surface area contributed by atoms with E-state index in [9.17, 15) is 17.6 Å². The van der Waals surface area contributed by atoms with Gasteiger partial charge in [-0.05, 0) is 63.1 Å². The molecule has 2 aromatic heterocycles. The molecule has 0 spiro atoms. The maximum atomic E-state index is 15.0. The van der Waals surface area contributed by atoms with Crippen molar-refractivity contribution in [3.8, 4) is 11.7 Å². The number of hydrogen-bond acceptors (Lipinski definition) is 7. The Bertz CT molecular complexity index is 1450. The molecule has 1 N–H and O–H groups in total. The lowest BCUT2D eigenvalue weighted by molar-refractivity contribution is -0.118. The predicted molar refractivity (Wildman–Crippen MR) is 156 cm³/mol. The van der Waals surface area contributed by atoms with Gasteiger partial charge in [0.15, 0.2) is 5.82 Å². The number of halogens is 1. The van der Waals surface area contributed by atoms with Crippen molar-refractivity contribution in [3.05, 3.63) is 60.0 Å². The van der Waals surface area contributed by atoms with Gasteiger partial charge in [-0.3, -0.25) is 4.79 Å². The monoisotopic (exact) mass is 585 g/mol. The van der Waals surface area contributed by atoms with Crippen molar-refractivity contribution >= 4 is 21.7 Å². The van der Waals surface area contributed by atoms with Crippen LogP contribution in [0.1, 0.15) is 65.4 Å². The average molecular weight is 586 g/mol. The second-order valence-corrected chi connectivity index (χ2v) is 13.5. The highest BCUT2D eigenvalue weighted by molar-refractivity contribution is 7.90. The highest BCUT2D eigenvalue weighted by atomic mass is 32.2. The fourth-order valence-electron chi connectivity index (χ4n) is 4.43. The molecule has 222 valence electrons. The molecule has 0 saturated heterocycles. The molecule has 0 unspecified atom stereocenters. The Hall–Kier alpha value is -3.47. The molecule has 1 fully saturated rings. The number of anilines is 1. The minimum Gasteiger partial charge on any atom is -0.477 e. The maximum absolute atomic E-state index is 15.0. The van der Waals surface area contributed by atoms with Crippen molar-refractivity contribution in [1.29, 1.82) is 0 Å². The number of carbonyl (C=O) groups is 1. The van der Waals surface area contributed by atoms with Crippen molar-refractivity contribution in [1.82, 2.24) is 19.5 Å². The summed E-state index contributed by atoms with van der Waals surface area (Å²) in [5.74, 6) is 0.712. The summed E-state index contributed by atoms with van der Waals surface area (Å²) in [6, 6.07) is 12.2. The lowest BCUT2D eigenvalue weighted by Crippen LogP contribution is -2.43. The quantitative estimate of drug-likeness (QED) is 0.274. The van der Waals surface area contributed by atoms with Crippen LogP contribution < -0.4 is 14.4 Å². The number of sulfonamides is 1. The topological polar surface area (TPSA) is 106 Å². The highest BCUT2D eigenvalue weighted by Crippen LogP contribution is 2.33. The van der Waals surface area contributed by atoms with Gasteiger partial charge in [0.2, 0.25) is 17.7 Å². The van der Waals surface area contributed by atoms with Gasteiger partial charge in [0.1, 0.15) is 5.82 Å². The number of benzene rings is 1. The number of hydrogen-bond donors (Lipinski definition) is 1. The molecule has 0 atom stereocenters. The Labute approximate surface area is 242 Å². The van der Waals surface area contributed by atoms with Gasteiger partial charge in [0, 0.05) is 18.2 Å². The van der Waals surface area contributed by atoms with Crippen molar-refractivity contribution in [3.63, 3.8) is 0 Å². The van der Waals surface area contributed by atoms with E-state index in [4.69, 9.17) is 9.72 Å². The number of aromatic nitrogens is 3. The summed E-state index contributed by atoms with van der Waals surface area (Å²) in [6.07, 6.45) is 4.92. The Morgan fingerprint density at radius 3 is 2.56 bits per heavy atom. The largest absolute Gasteiger partial charge is 0.477 e. The van der Waals surface area contributed by atoms with Crippen LogP contribution in [0.2, 0.25) is 0 Å². The van der Waals surface area contributed by atoms with Gasteiger partial charge in [-0.25, -0.2) is 18.1 Å². The fraction of sp³-hybridized carbons (Fsp3) is 0.500. The first-order valence-corrected chi connectivity index (χ1v) is 15.6. The smallest absolute Gasteiger partial charge is 0.264 e. The van der Waals surface area contributed by atoms with E-state index in [2.05, 4.69) is 37.5 Å². The van der Waals surface area contributed by atoms with Crippen LogP contribution in [0, 0.1) is 17.8 Å². The van der Waals surface area contributed by atoms with Crippen LogP contribution in [-0.2, 0) is 21.2 Å². The number of pyridine rings is 1. The van der Waals surface area contributed by atoms with E-state index in [-0.39, 0.29) is 28.6 Å². The molecule has 1 aliphatic rings. The van der Waals surface area contributed by atoms with Gasteiger partial charge in [0.05, 0.1) is 24.0 Å². The molecule has 3 aromatic rings. The highest BCUT2D eigenvalue weighted by Gasteiger charge is 2.29. The van der Waals surface area contributed by atoms with Crippen molar-refractivity contribution in [2.45, 2.75) is 76.7 Å². The maximum Gasteiger partial charge on any atom is 0.264 e. The van der Waals surface area contributed by atoms with Gasteiger partial charge in [-0.2, -0.15) is 9.07 Å². The van der Waals surface area contributed by atoms with Crippen LogP contribution in [0.5, 0.6) is 5.88 Å². The second-order valence-electron chi connectivity index (χ2n) is 11.8. The first kappa shape index (κ1) is 30.5. The first-order valence-electron chi connectivity index (χ1n) is 14.1. The van der Waals surface area contributed by atoms with E-state index in [1.165, 1.54) is 31.0 Å². The summed E-state index contributed by atoms with van der Waals surface area (Å²) >= 11 is 0. The van der Waals surface area contributed by atoms with Crippen molar-refractivity contribution in [2.24, 2.45) is 11.8 Å². The zero-order valence-electron chi connectivity index (χ0n) is 24.4. The minimum atomic E-state index is -4.03. The number of carbonyl (C=O) groups excluding carboxylic acids is 1. The molecule has 1 aliphatic carbocycles. The zero-order chi connectivity index (χ0) is 29.8. The summed E-state index contributed by atoms with van der Waals surface area (Å²) < 4.78 is 49.3. The molecule has 41 heavy (non-hydrogen) atoms. The second kappa shape index (κ2) is 12.6. The lowest BCUT2D eigenvalue weighted by Gasteiger charge is -2.38. The molecule has 4 rings (SSSR count). The Kier molecular flexibility index (Phi) is 9.36. The van der Waals surface area contributed by atoms with E-state index >= 15 is 0 Å². The normalized spacial score (nSPS) is 13.8. The van der Waals surface area contributed by atoms with E-state index in [0.717, 1.165) is 23.9 Å². The summed E-state index contributed by atoms with van der Waals surface area (Å²) in [5.41, 5.74) is 0.139. The minimum absolute atomic E-state index is 0.00158. The summed E-state index contributed by atoms with van der Waals surface area (Å²) in [4.78, 5) is 19.7. The average Bonchev–Trinajstić information content (AvgIpc) is 3.67. The third-order valence-electron chi connectivity index (χ3n) is 7.49. The van der Waals surface area contributed by atoms with Crippen LogP contribution >= 0.6 is 0 Å². The summed E-state index contributed by atoms with van der Waals surface area (Å²) in [5, 5.41) is 4.27. The van der Waals surface area contributed by atoms with Gasteiger partial charge >= 0.3 is 0 Å². The number of rotatable bonds is 14. The van der Waals surface area contributed by atoms with Crippen molar-refractivity contribution in [2.75, 3.05) is 18.6 Å². The molecule has 0 radical (unpaired) electrons. The third-order valence-corrected chi connectivity index (χ3v) is 8.88. The number of ether oxygens (including phenoxy) is 1. The molecule has 1 aromatic carbocycles. The number of amides is 1. The zero-order valence-corrected chi connectivity index (χ0v) is 25.2. The van der Waals surface area contributed by atoms with E-state index in [0.29, 0.717) is 29.8 Å². The number of nitrogens with one attached hydrogen (secondary N) is 1. The molecule has 2 heterocycles. The van der Waals surface area contributed by atoms with Crippen LogP contribution in [0.15, 0.2) is 53.4 Å². The van der Waals surface area contributed by atoms with Crippen LogP contribution in [0.25, 0.3) is 5.82 Å². The molecule has 11 heteroatoms. The summed E-state index contributed by atoms with van der Waals surface area (Å²) in [7, 11) is -2.16. The summed E-state index contributed by atoms with van der Waals surface area (Å²) in [6.45, 7) is 8.94. The van der Waals surface area contributed by atoms with Crippen LogP contribution in [0.3, 0.4) is 0 Å². The fourth-order valence-corrected chi connectivity index (χ4v) is 5.44. The van der Waals surface area contributed by atoms with Gasteiger partial charge in [-0.15, -0.1) is 5.10 Å². The van der Waals surface area contributed by atoms with Gasteiger partial charge < -0.3 is 9.64 Å². The Morgan fingerprint density at radius 1 is 1.20 bits per heavy atom. The van der Waals surface area contributed by atoms with E-state index < -0.39 is 21.9 Å². The van der Waals surface area contributed by atoms with Crippen LogP contribution in [-0.4, -0.2) is 48.3 Å². The Balaban J connectivity index is 1.61. The SMILES string of the molecule is CC(C)CCC(C)(C)N(C)c1nc(-n2nc(OCCC3CC3)cc2F)ccc1CC(=O)NS(=O)(=O)c1ccccc1. The molecular formula is C30H40FN5O4S. The first-order chi connectivity index (χ1) is 19.4. The van der Waals surface area contributed by atoms with Gasteiger partial charge in [-0.1, -0.05) is 51.0 Å². The molecule has 0 aliphatic heterocycles. The molecule has 0 bridgehead atoms. The number of nitrogens with zero attached hydrogens (tertiary/aromatic N) is 4. The van der Waals surface area contributed by atoms with Crippen LogP contribution in [0.4, 0.5) is 10.2 Å². The standard InChI is InChI=1S/C30H40FN5O4S/c1-21(2)15-17-30(3,4)35(5)29-23(19-27(37)34-41(38,39)24-9-7-6-8-10-24)13-14-26(32-29)36-25(31)20-28(33-36)40-18-16-22-11-12-22/h6-10,13-14,20-22H,11-12,15-19H2,1-5H3,(H,34,37). The van der Waals surface area contributed by atoms with E-state index in [1.807, 2.05) is 11.9 Å².